The van der Waals surface area contributed by atoms with Gasteiger partial charge in [-0.15, -0.1) is 0 Å². The molecule has 1 N–H and O–H groups in total. The van der Waals surface area contributed by atoms with Crippen LogP contribution < -0.4 is 5.32 Å². The number of amides is 3. The van der Waals surface area contributed by atoms with Gasteiger partial charge in [0.25, 0.3) is 17.5 Å². The van der Waals surface area contributed by atoms with Crippen LogP contribution in [-0.2, 0) is 4.79 Å². The summed E-state index contributed by atoms with van der Waals surface area (Å²) in [4.78, 5) is 48.6. The fourth-order valence-electron chi connectivity index (χ4n) is 2.87. The van der Waals surface area contributed by atoms with Gasteiger partial charge in [0.05, 0.1) is 16.2 Å². The second-order valence-electron chi connectivity index (χ2n) is 6.09. The number of nitro benzene ring substituents is 1. The van der Waals surface area contributed by atoms with Crippen molar-refractivity contribution in [3.05, 3.63) is 69.0 Å². The molecule has 3 amide bonds. The van der Waals surface area contributed by atoms with Crippen molar-refractivity contribution in [1.82, 2.24) is 4.90 Å². The van der Waals surface area contributed by atoms with E-state index in [1.165, 1.54) is 31.2 Å². The number of carbonyl (C=O) groups is 3. The van der Waals surface area contributed by atoms with Crippen molar-refractivity contribution in [2.75, 3.05) is 5.32 Å². The zero-order valence-corrected chi connectivity index (χ0v) is 14.4. The van der Waals surface area contributed by atoms with Crippen LogP contribution in [0, 0.1) is 22.9 Å². The monoisotopic (exact) mass is 371 g/mol. The predicted octanol–water partition coefficient (Wildman–Crippen LogP) is 2.67. The van der Waals surface area contributed by atoms with E-state index in [2.05, 4.69) is 5.32 Å². The van der Waals surface area contributed by atoms with Gasteiger partial charge >= 0.3 is 0 Å². The first-order valence-electron chi connectivity index (χ1n) is 7.94. The minimum absolute atomic E-state index is 0.0972. The van der Waals surface area contributed by atoms with Crippen LogP contribution in [0.15, 0.2) is 36.4 Å². The maximum atomic E-state index is 13.9. The third-order valence-electron chi connectivity index (χ3n) is 4.27. The lowest BCUT2D eigenvalue weighted by Crippen LogP contribution is -2.45. The van der Waals surface area contributed by atoms with E-state index in [4.69, 9.17) is 0 Å². The van der Waals surface area contributed by atoms with E-state index >= 15 is 0 Å². The number of carbonyl (C=O) groups excluding carboxylic acids is 3. The van der Waals surface area contributed by atoms with Crippen LogP contribution in [0.2, 0.25) is 0 Å². The second kappa shape index (κ2) is 6.60. The molecule has 0 aromatic heterocycles. The Morgan fingerprint density at radius 1 is 1.22 bits per heavy atom. The summed E-state index contributed by atoms with van der Waals surface area (Å²) in [7, 11) is 0. The highest BCUT2D eigenvalue weighted by Gasteiger charge is 2.44. The van der Waals surface area contributed by atoms with Crippen molar-refractivity contribution in [1.29, 1.82) is 0 Å². The molecule has 0 saturated heterocycles. The molecule has 0 unspecified atom stereocenters. The summed E-state index contributed by atoms with van der Waals surface area (Å²) >= 11 is 0. The Morgan fingerprint density at radius 2 is 1.93 bits per heavy atom. The quantitative estimate of drug-likeness (QED) is 0.505. The highest BCUT2D eigenvalue weighted by molar-refractivity contribution is 6.24. The van der Waals surface area contributed by atoms with Gasteiger partial charge in [0.2, 0.25) is 5.91 Å². The van der Waals surface area contributed by atoms with E-state index in [0.717, 1.165) is 6.07 Å². The summed E-state index contributed by atoms with van der Waals surface area (Å²) in [5, 5.41) is 13.5. The molecule has 0 fully saturated rings. The first-order valence-corrected chi connectivity index (χ1v) is 7.94. The Hall–Kier alpha value is -3.62. The maximum Gasteiger partial charge on any atom is 0.282 e. The first kappa shape index (κ1) is 18.2. The molecule has 1 aliphatic rings. The molecule has 1 aliphatic heterocycles. The lowest BCUT2D eigenvalue weighted by molar-refractivity contribution is -0.385. The maximum absolute atomic E-state index is 13.9. The summed E-state index contributed by atoms with van der Waals surface area (Å²) in [6.07, 6.45) is 0. The average molecular weight is 371 g/mol. The molecule has 9 heteroatoms. The number of halogens is 1. The number of imide groups is 1. The molecule has 0 spiro atoms. The van der Waals surface area contributed by atoms with Gasteiger partial charge < -0.3 is 5.32 Å². The fraction of sp³-hybridized carbons (Fsp3) is 0.167. The molecule has 0 radical (unpaired) electrons. The van der Waals surface area contributed by atoms with E-state index in [1.807, 2.05) is 0 Å². The summed E-state index contributed by atoms with van der Waals surface area (Å²) in [6, 6.07) is 6.57. The minimum Gasteiger partial charge on any atom is -0.322 e. The third kappa shape index (κ3) is 3.03. The number of rotatable bonds is 4. The van der Waals surface area contributed by atoms with E-state index < -0.39 is 40.2 Å². The van der Waals surface area contributed by atoms with Gasteiger partial charge in [0, 0.05) is 6.07 Å². The molecule has 0 aliphatic carbocycles. The number of nitrogens with zero attached hydrogens (tertiary/aromatic N) is 2. The normalized spacial score (nSPS) is 14.1. The third-order valence-corrected chi connectivity index (χ3v) is 4.27. The molecule has 0 saturated carbocycles. The standard InChI is InChI=1S/C18H14FN3O5/c1-9-6-7-13(12(19)8-9)20-16(23)10(2)21-17(24)11-4-3-5-14(22(26)27)15(11)18(21)25/h3-8,10H,1-2H3,(H,20,23)/t10-/m0/s1. The van der Waals surface area contributed by atoms with Gasteiger partial charge in [0.1, 0.15) is 17.4 Å². The van der Waals surface area contributed by atoms with E-state index in [9.17, 15) is 28.9 Å². The molecule has 8 nitrogen and oxygen atoms in total. The van der Waals surface area contributed by atoms with Crippen molar-refractivity contribution in [3.63, 3.8) is 0 Å². The van der Waals surface area contributed by atoms with Gasteiger partial charge in [-0.25, -0.2) is 4.39 Å². The zero-order chi connectivity index (χ0) is 19.9. The Bertz CT molecular complexity index is 1000. The number of fused-ring (bicyclic) bond motifs is 1. The molecule has 27 heavy (non-hydrogen) atoms. The van der Waals surface area contributed by atoms with Crippen LogP contribution in [0.5, 0.6) is 0 Å². The molecular formula is C18H14FN3O5. The van der Waals surface area contributed by atoms with Gasteiger partial charge in [-0.05, 0) is 37.6 Å². The van der Waals surface area contributed by atoms with Gasteiger partial charge in [-0.3, -0.25) is 29.4 Å². The molecule has 2 aromatic carbocycles. The average Bonchev–Trinajstić information content (AvgIpc) is 2.87. The van der Waals surface area contributed by atoms with Crippen molar-refractivity contribution in [2.24, 2.45) is 0 Å². The van der Waals surface area contributed by atoms with Gasteiger partial charge in [0.15, 0.2) is 0 Å². The van der Waals surface area contributed by atoms with E-state index in [1.54, 1.807) is 13.0 Å². The minimum atomic E-state index is -1.29. The van der Waals surface area contributed by atoms with Crippen molar-refractivity contribution in [3.8, 4) is 0 Å². The Kier molecular flexibility index (Phi) is 4.44. The van der Waals surface area contributed by atoms with Crippen molar-refractivity contribution in [2.45, 2.75) is 19.9 Å². The Labute approximate surface area is 152 Å². The number of anilines is 1. The largest absolute Gasteiger partial charge is 0.322 e. The Balaban J connectivity index is 1.89. The lowest BCUT2D eigenvalue weighted by Gasteiger charge is -2.21. The highest BCUT2D eigenvalue weighted by atomic mass is 19.1. The summed E-state index contributed by atoms with van der Waals surface area (Å²) in [5.41, 5.74) is -0.444. The number of nitrogens with one attached hydrogen (secondary N) is 1. The summed E-state index contributed by atoms with van der Waals surface area (Å²) < 4.78 is 13.9. The number of hydrogen-bond donors (Lipinski definition) is 1. The Morgan fingerprint density at radius 3 is 2.56 bits per heavy atom. The first-order chi connectivity index (χ1) is 12.7. The summed E-state index contributed by atoms with van der Waals surface area (Å²) in [6.45, 7) is 2.97. The van der Waals surface area contributed by atoms with Crippen LogP contribution in [0.4, 0.5) is 15.8 Å². The molecular weight excluding hydrogens is 357 g/mol. The predicted molar refractivity (Wildman–Crippen MR) is 92.8 cm³/mol. The van der Waals surface area contributed by atoms with Crippen LogP contribution in [0.1, 0.15) is 33.2 Å². The van der Waals surface area contributed by atoms with Crippen LogP contribution in [0.25, 0.3) is 0 Å². The molecule has 0 bridgehead atoms. The fourth-order valence-corrected chi connectivity index (χ4v) is 2.87. The lowest BCUT2D eigenvalue weighted by atomic mass is 10.1. The van der Waals surface area contributed by atoms with E-state index in [0.29, 0.717) is 10.5 Å². The molecule has 1 heterocycles. The van der Waals surface area contributed by atoms with Gasteiger partial charge in [-0.1, -0.05) is 12.1 Å². The van der Waals surface area contributed by atoms with Gasteiger partial charge in [-0.2, -0.15) is 0 Å². The van der Waals surface area contributed by atoms with Crippen molar-refractivity contribution < 1.29 is 23.7 Å². The highest BCUT2D eigenvalue weighted by Crippen LogP contribution is 2.32. The number of hydrogen-bond acceptors (Lipinski definition) is 5. The smallest absolute Gasteiger partial charge is 0.282 e. The molecule has 3 rings (SSSR count). The van der Waals surface area contributed by atoms with Crippen LogP contribution >= 0.6 is 0 Å². The number of aryl methyl sites for hydroxylation is 1. The number of nitro groups is 1. The summed E-state index contributed by atoms with van der Waals surface area (Å²) in [5.74, 6) is -3.21. The topological polar surface area (TPSA) is 110 Å². The van der Waals surface area contributed by atoms with Crippen LogP contribution in [0.3, 0.4) is 0 Å². The zero-order valence-electron chi connectivity index (χ0n) is 14.4. The van der Waals surface area contributed by atoms with Crippen molar-refractivity contribution >= 4 is 29.1 Å². The molecule has 138 valence electrons. The second-order valence-corrected chi connectivity index (χ2v) is 6.09. The number of benzene rings is 2. The molecule has 1 atom stereocenters. The SMILES string of the molecule is Cc1ccc(NC(=O)[C@H](C)N2C(=O)c3cccc([N+](=O)[O-])c3C2=O)c(F)c1. The van der Waals surface area contributed by atoms with Crippen LogP contribution in [-0.4, -0.2) is 33.6 Å². The van der Waals surface area contributed by atoms with E-state index in [-0.39, 0.29) is 16.8 Å². The molecule has 2 aromatic rings.